The van der Waals surface area contributed by atoms with E-state index in [-0.39, 0.29) is 0 Å². The lowest BCUT2D eigenvalue weighted by Gasteiger charge is -2.35. The van der Waals surface area contributed by atoms with Crippen LogP contribution in [0.2, 0.25) is 0 Å². The van der Waals surface area contributed by atoms with E-state index in [1.54, 1.807) is 0 Å². The van der Waals surface area contributed by atoms with Gasteiger partial charge in [0, 0.05) is 19.6 Å². The number of nitrogens with zero attached hydrogens (tertiary/aromatic N) is 2. The molecule has 1 aromatic carbocycles. The molecule has 1 aromatic rings. The highest BCUT2D eigenvalue weighted by Gasteiger charge is 2.21. The van der Waals surface area contributed by atoms with Crippen LogP contribution in [-0.2, 0) is 0 Å². The average molecular weight is 291 g/mol. The Morgan fingerprint density at radius 1 is 1.29 bits per heavy atom. The molecule has 0 atom stereocenters. The number of hydrogen-bond donors (Lipinski definition) is 1. The Kier molecular flexibility index (Phi) is 5.74. The fraction of sp³-hybridized carbons (Fsp3) is 0.647. The normalized spacial score (nSPS) is 16.5. The van der Waals surface area contributed by atoms with Crippen LogP contribution in [-0.4, -0.2) is 45.2 Å². The fourth-order valence-corrected chi connectivity index (χ4v) is 3.02. The van der Waals surface area contributed by atoms with Crippen molar-refractivity contribution in [2.75, 3.05) is 51.0 Å². The van der Waals surface area contributed by atoms with Gasteiger partial charge >= 0.3 is 0 Å². The molecular weight excluding hydrogens is 262 g/mol. The third-order valence-electron chi connectivity index (χ3n) is 4.08. The predicted octanol–water partition coefficient (Wildman–Crippen LogP) is 2.84. The number of nitrogens with two attached hydrogens (primary N) is 1. The van der Waals surface area contributed by atoms with E-state index in [0.717, 1.165) is 49.2 Å². The summed E-state index contributed by atoms with van der Waals surface area (Å²) in [4.78, 5) is 4.69. The molecule has 1 fully saturated rings. The third-order valence-corrected chi connectivity index (χ3v) is 4.08. The van der Waals surface area contributed by atoms with Crippen molar-refractivity contribution in [2.24, 2.45) is 5.92 Å². The monoisotopic (exact) mass is 291 g/mol. The van der Waals surface area contributed by atoms with Crippen molar-refractivity contribution >= 4 is 11.4 Å². The van der Waals surface area contributed by atoms with Gasteiger partial charge in [-0.2, -0.15) is 0 Å². The van der Waals surface area contributed by atoms with Crippen molar-refractivity contribution in [1.29, 1.82) is 0 Å². The minimum atomic E-state index is 0.721. The van der Waals surface area contributed by atoms with E-state index in [4.69, 9.17) is 10.5 Å². The summed E-state index contributed by atoms with van der Waals surface area (Å²) >= 11 is 0. The van der Waals surface area contributed by atoms with Crippen molar-refractivity contribution in [1.82, 2.24) is 4.90 Å². The first-order chi connectivity index (χ1) is 10.1. The molecule has 0 amide bonds. The van der Waals surface area contributed by atoms with Gasteiger partial charge < -0.3 is 20.3 Å². The Bertz CT molecular complexity index is 440. The highest BCUT2D eigenvalue weighted by molar-refractivity contribution is 5.74. The third kappa shape index (κ3) is 4.27. The second kappa shape index (κ2) is 7.55. The van der Waals surface area contributed by atoms with Gasteiger partial charge in [-0.1, -0.05) is 13.0 Å². The number of ether oxygens (including phenoxy) is 1. The Morgan fingerprint density at radius 2 is 2.00 bits per heavy atom. The molecule has 1 aliphatic heterocycles. The van der Waals surface area contributed by atoms with Crippen LogP contribution >= 0.6 is 0 Å². The minimum absolute atomic E-state index is 0.721. The zero-order valence-corrected chi connectivity index (χ0v) is 13.6. The number of nitrogen functional groups attached to an aromatic ring is 1. The average Bonchev–Trinajstić information content (AvgIpc) is 2.47. The summed E-state index contributed by atoms with van der Waals surface area (Å²) < 4.78 is 5.73. The van der Waals surface area contributed by atoms with Crippen LogP contribution in [0.25, 0.3) is 0 Å². The van der Waals surface area contributed by atoms with Gasteiger partial charge in [0.15, 0.2) is 0 Å². The van der Waals surface area contributed by atoms with E-state index >= 15 is 0 Å². The summed E-state index contributed by atoms with van der Waals surface area (Å²) in [6.07, 6.45) is 3.47. The molecule has 0 saturated carbocycles. The maximum Gasteiger partial charge on any atom is 0.144 e. The van der Waals surface area contributed by atoms with Crippen LogP contribution in [0.5, 0.6) is 5.75 Å². The Morgan fingerprint density at radius 3 is 2.62 bits per heavy atom. The Balaban J connectivity index is 2.00. The maximum absolute atomic E-state index is 6.30. The highest BCUT2D eigenvalue weighted by Crippen LogP contribution is 2.34. The Labute approximate surface area is 128 Å². The molecule has 0 bridgehead atoms. The number of piperidine rings is 1. The van der Waals surface area contributed by atoms with Gasteiger partial charge in [-0.15, -0.1) is 0 Å². The first-order valence-electron chi connectivity index (χ1n) is 8.02. The predicted molar refractivity (Wildman–Crippen MR) is 90.1 cm³/mol. The lowest BCUT2D eigenvalue weighted by molar-refractivity contribution is 0.285. The van der Waals surface area contributed by atoms with Crippen molar-refractivity contribution in [3.05, 3.63) is 18.2 Å². The molecule has 4 heteroatoms. The topological polar surface area (TPSA) is 41.7 Å². The Hall–Kier alpha value is -1.42. The molecule has 0 radical (unpaired) electrons. The summed E-state index contributed by atoms with van der Waals surface area (Å²) in [5.41, 5.74) is 8.22. The van der Waals surface area contributed by atoms with Crippen molar-refractivity contribution < 1.29 is 4.74 Å². The van der Waals surface area contributed by atoms with Gasteiger partial charge in [-0.3, -0.25) is 0 Å². The second-order valence-corrected chi connectivity index (χ2v) is 6.23. The summed E-state index contributed by atoms with van der Waals surface area (Å²) in [6.45, 7) is 6.18. The molecule has 1 heterocycles. The van der Waals surface area contributed by atoms with Gasteiger partial charge in [-0.25, -0.2) is 0 Å². The van der Waals surface area contributed by atoms with E-state index in [1.165, 1.54) is 19.4 Å². The molecule has 1 saturated heterocycles. The van der Waals surface area contributed by atoms with Crippen LogP contribution in [0.1, 0.15) is 26.2 Å². The molecule has 0 spiro atoms. The van der Waals surface area contributed by atoms with E-state index < -0.39 is 0 Å². The van der Waals surface area contributed by atoms with E-state index in [1.807, 2.05) is 12.1 Å². The number of benzene rings is 1. The van der Waals surface area contributed by atoms with E-state index in [2.05, 4.69) is 36.9 Å². The zero-order valence-electron chi connectivity index (χ0n) is 13.6. The second-order valence-electron chi connectivity index (χ2n) is 6.23. The zero-order chi connectivity index (χ0) is 15.2. The van der Waals surface area contributed by atoms with Crippen LogP contribution in [0.3, 0.4) is 0 Å². The molecule has 4 nitrogen and oxygen atoms in total. The van der Waals surface area contributed by atoms with Gasteiger partial charge in [0.1, 0.15) is 5.75 Å². The molecule has 118 valence electrons. The van der Waals surface area contributed by atoms with E-state index in [0.29, 0.717) is 0 Å². The van der Waals surface area contributed by atoms with Crippen LogP contribution < -0.4 is 15.4 Å². The number of anilines is 2. The van der Waals surface area contributed by atoms with Crippen molar-refractivity contribution in [3.63, 3.8) is 0 Å². The lowest BCUT2D eigenvalue weighted by Crippen LogP contribution is -2.37. The summed E-state index contributed by atoms with van der Waals surface area (Å²) in [6, 6.07) is 6.12. The molecule has 21 heavy (non-hydrogen) atoms. The molecular formula is C17H29N3O. The van der Waals surface area contributed by atoms with E-state index in [9.17, 15) is 0 Å². The number of rotatable bonds is 6. The molecule has 2 rings (SSSR count). The van der Waals surface area contributed by atoms with Crippen LogP contribution in [0.15, 0.2) is 18.2 Å². The fourth-order valence-electron chi connectivity index (χ4n) is 3.02. The summed E-state index contributed by atoms with van der Waals surface area (Å²) in [5, 5.41) is 0. The summed E-state index contributed by atoms with van der Waals surface area (Å²) in [7, 11) is 4.30. The molecule has 1 aliphatic rings. The van der Waals surface area contributed by atoms with Crippen molar-refractivity contribution in [3.8, 4) is 5.75 Å². The van der Waals surface area contributed by atoms with Crippen LogP contribution in [0.4, 0.5) is 11.4 Å². The molecule has 0 aromatic heterocycles. The first kappa shape index (κ1) is 16.0. The maximum atomic E-state index is 6.30. The highest BCUT2D eigenvalue weighted by atomic mass is 16.5. The molecule has 0 unspecified atom stereocenters. The van der Waals surface area contributed by atoms with Gasteiger partial charge in [0.2, 0.25) is 0 Å². The lowest BCUT2D eigenvalue weighted by atomic mass is 9.96. The molecule has 2 N–H and O–H groups in total. The number of para-hydroxylation sites is 1. The summed E-state index contributed by atoms with van der Waals surface area (Å²) in [5.74, 6) is 1.63. The van der Waals surface area contributed by atoms with Crippen molar-refractivity contribution in [2.45, 2.75) is 26.2 Å². The molecule has 0 aliphatic carbocycles. The SMILES string of the molecule is CCCOc1cccc(N2CCC(CN(C)C)CC2)c1N. The van der Waals surface area contributed by atoms with Gasteiger partial charge in [-0.05, 0) is 51.4 Å². The van der Waals surface area contributed by atoms with Crippen LogP contribution in [0, 0.1) is 5.92 Å². The largest absolute Gasteiger partial charge is 0.491 e. The van der Waals surface area contributed by atoms with Gasteiger partial charge in [0.05, 0.1) is 18.0 Å². The quantitative estimate of drug-likeness (QED) is 0.818. The standard InChI is InChI=1S/C17H29N3O/c1-4-12-21-16-7-5-6-15(17(16)18)20-10-8-14(9-11-20)13-19(2)3/h5-7,14H,4,8-13,18H2,1-3H3. The smallest absolute Gasteiger partial charge is 0.144 e. The van der Waals surface area contributed by atoms with Gasteiger partial charge in [0.25, 0.3) is 0 Å². The number of hydrogen-bond acceptors (Lipinski definition) is 4. The minimum Gasteiger partial charge on any atom is -0.491 e. The first-order valence-corrected chi connectivity index (χ1v) is 8.02.